The number of hydrogen-bond acceptors (Lipinski definition) is 3. The Morgan fingerprint density at radius 1 is 1.16 bits per heavy atom. The fraction of sp³-hybridized carbons (Fsp3) is 0.375. The maximum absolute atomic E-state index is 4.76. The van der Waals surface area contributed by atoms with Crippen molar-refractivity contribution in [1.29, 1.82) is 0 Å². The van der Waals surface area contributed by atoms with Gasteiger partial charge in [0, 0.05) is 24.6 Å². The topological polar surface area (TPSA) is 37.8 Å². The van der Waals surface area contributed by atoms with E-state index in [1.54, 1.807) is 0 Å². The van der Waals surface area contributed by atoms with Gasteiger partial charge >= 0.3 is 0 Å². The van der Waals surface area contributed by atoms with Crippen LogP contribution in [0.15, 0.2) is 24.3 Å². The molecule has 3 heteroatoms. The lowest BCUT2D eigenvalue weighted by Gasteiger charge is -2.11. The van der Waals surface area contributed by atoms with E-state index in [-0.39, 0.29) is 0 Å². The van der Waals surface area contributed by atoms with E-state index in [0.717, 1.165) is 17.3 Å². The molecular weight excluding hydrogens is 234 g/mol. The molecule has 19 heavy (non-hydrogen) atoms. The molecule has 0 atom stereocenters. The molecule has 3 rings (SSSR count). The summed E-state index contributed by atoms with van der Waals surface area (Å²) in [5.41, 5.74) is 4.84. The van der Waals surface area contributed by atoms with Crippen molar-refractivity contribution in [3.8, 4) is 11.3 Å². The first-order valence-electron chi connectivity index (χ1n) is 6.82. The van der Waals surface area contributed by atoms with Crippen molar-refractivity contribution >= 4 is 5.82 Å². The number of rotatable bonds is 3. The van der Waals surface area contributed by atoms with Gasteiger partial charge in [0.2, 0.25) is 0 Å². The van der Waals surface area contributed by atoms with Crippen LogP contribution >= 0.6 is 0 Å². The molecular formula is C16H19N3. The normalized spacial score (nSPS) is 14.5. The van der Waals surface area contributed by atoms with E-state index in [0.29, 0.717) is 5.92 Å². The lowest BCUT2D eigenvalue weighted by Crippen LogP contribution is -2.01. The van der Waals surface area contributed by atoms with E-state index in [1.165, 1.54) is 29.5 Å². The van der Waals surface area contributed by atoms with Crippen LogP contribution in [0.4, 0.5) is 5.82 Å². The summed E-state index contributed by atoms with van der Waals surface area (Å²) in [5.74, 6) is 2.47. The van der Waals surface area contributed by atoms with Crippen molar-refractivity contribution in [2.75, 3.05) is 12.4 Å². The third-order valence-electron chi connectivity index (χ3n) is 3.82. The van der Waals surface area contributed by atoms with E-state index in [9.17, 15) is 0 Å². The van der Waals surface area contributed by atoms with Gasteiger partial charge < -0.3 is 5.32 Å². The Bertz CT molecular complexity index is 615. The summed E-state index contributed by atoms with van der Waals surface area (Å²) < 4.78 is 0. The Labute approximate surface area is 114 Å². The summed E-state index contributed by atoms with van der Waals surface area (Å²) in [6.07, 6.45) is 2.44. The number of nitrogens with zero attached hydrogens (tertiary/aromatic N) is 2. The zero-order valence-corrected chi connectivity index (χ0v) is 11.7. The first-order chi connectivity index (χ1) is 9.19. The number of aromatic nitrogens is 2. The van der Waals surface area contributed by atoms with Gasteiger partial charge in [-0.15, -0.1) is 0 Å². The highest BCUT2D eigenvalue weighted by Crippen LogP contribution is 2.39. The van der Waals surface area contributed by atoms with Crippen molar-refractivity contribution in [2.45, 2.75) is 32.6 Å². The number of nitrogens with one attached hydrogen (secondary N) is 1. The molecule has 2 aromatic rings. The predicted molar refractivity (Wildman–Crippen MR) is 78.5 cm³/mol. The van der Waals surface area contributed by atoms with Gasteiger partial charge in [0.1, 0.15) is 11.6 Å². The van der Waals surface area contributed by atoms with Crippen molar-refractivity contribution in [3.05, 3.63) is 41.2 Å². The van der Waals surface area contributed by atoms with Gasteiger partial charge in [0.15, 0.2) is 0 Å². The van der Waals surface area contributed by atoms with Gasteiger partial charge in [0.05, 0.1) is 5.69 Å². The molecule has 0 spiro atoms. The van der Waals surface area contributed by atoms with Crippen LogP contribution in [0.2, 0.25) is 0 Å². The molecule has 3 nitrogen and oxygen atoms in total. The van der Waals surface area contributed by atoms with Crippen LogP contribution in [-0.2, 0) is 0 Å². The Morgan fingerprint density at radius 3 is 2.63 bits per heavy atom. The number of hydrogen-bond donors (Lipinski definition) is 1. The number of anilines is 1. The molecule has 1 aromatic carbocycles. The quantitative estimate of drug-likeness (QED) is 0.906. The van der Waals surface area contributed by atoms with E-state index in [4.69, 9.17) is 4.98 Å². The first kappa shape index (κ1) is 12.2. The first-order valence-corrected chi connectivity index (χ1v) is 6.82. The Kier molecular flexibility index (Phi) is 2.97. The van der Waals surface area contributed by atoms with E-state index < -0.39 is 0 Å². The molecule has 0 aliphatic heterocycles. The average Bonchev–Trinajstić information content (AvgIpc) is 3.26. The maximum Gasteiger partial charge on any atom is 0.134 e. The van der Waals surface area contributed by atoms with Crippen LogP contribution in [0.3, 0.4) is 0 Å². The fourth-order valence-corrected chi connectivity index (χ4v) is 2.28. The van der Waals surface area contributed by atoms with Crippen LogP contribution in [0.1, 0.15) is 35.7 Å². The van der Waals surface area contributed by atoms with E-state index in [1.807, 2.05) is 13.1 Å². The summed E-state index contributed by atoms with van der Waals surface area (Å²) in [6, 6.07) is 8.41. The van der Waals surface area contributed by atoms with Gasteiger partial charge in [-0.05, 0) is 37.8 Å². The third kappa shape index (κ3) is 2.33. The van der Waals surface area contributed by atoms with Crippen molar-refractivity contribution in [1.82, 2.24) is 9.97 Å². The van der Waals surface area contributed by atoms with Gasteiger partial charge in [-0.1, -0.05) is 18.2 Å². The average molecular weight is 253 g/mol. The molecule has 0 unspecified atom stereocenters. The lowest BCUT2D eigenvalue weighted by atomic mass is 10.0. The second kappa shape index (κ2) is 4.65. The van der Waals surface area contributed by atoms with Crippen molar-refractivity contribution in [2.24, 2.45) is 0 Å². The Morgan fingerprint density at radius 2 is 1.95 bits per heavy atom. The Balaban J connectivity index is 2.13. The molecule has 1 aliphatic carbocycles. The summed E-state index contributed by atoms with van der Waals surface area (Å²) in [7, 11) is 1.91. The fourth-order valence-electron chi connectivity index (χ4n) is 2.28. The third-order valence-corrected chi connectivity index (χ3v) is 3.82. The highest BCUT2D eigenvalue weighted by Gasteiger charge is 2.27. The minimum absolute atomic E-state index is 0.567. The van der Waals surface area contributed by atoms with Gasteiger partial charge in [-0.25, -0.2) is 9.97 Å². The van der Waals surface area contributed by atoms with Crippen LogP contribution in [0.5, 0.6) is 0 Å². The van der Waals surface area contributed by atoms with Gasteiger partial charge in [-0.2, -0.15) is 0 Å². The molecule has 0 amide bonds. The predicted octanol–water partition coefficient (Wildman–Crippen LogP) is 3.68. The summed E-state index contributed by atoms with van der Waals surface area (Å²) in [6.45, 7) is 4.30. The molecule has 1 saturated carbocycles. The zero-order valence-electron chi connectivity index (χ0n) is 11.7. The Hall–Kier alpha value is -1.90. The van der Waals surface area contributed by atoms with Crippen LogP contribution in [-0.4, -0.2) is 17.0 Å². The molecule has 1 aliphatic rings. The second-order valence-electron chi connectivity index (χ2n) is 5.27. The number of benzene rings is 1. The summed E-state index contributed by atoms with van der Waals surface area (Å²) in [5, 5.41) is 3.14. The molecule has 0 bridgehead atoms. The largest absolute Gasteiger partial charge is 0.373 e. The van der Waals surface area contributed by atoms with Crippen LogP contribution < -0.4 is 5.32 Å². The molecule has 0 saturated heterocycles. The summed E-state index contributed by atoms with van der Waals surface area (Å²) >= 11 is 0. The summed E-state index contributed by atoms with van der Waals surface area (Å²) in [4.78, 5) is 9.33. The second-order valence-corrected chi connectivity index (χ2v) is 5.27. The highest BCUT2D eigenvalue weighted by atomic mass is 15.0. The smallest absolute Gasteiger partial charge is 0.134 e. The van der Waals surface area contributed by atoms with E-state index >= 15 is 0 Å². The lowest BCUT2D eigenvalue weighted by molar-refractivity contribution is 0.931. The molecule has 1 aromatic heterocycles. The molecule has 1 fully saturated rings. The molecule has 1 heterocycles. The minimum atomic E-state index is 0.567. The van der Waals surface area contributed by atoms with Crippen LogP contribution in [0, 0.1) is 13.8 Å². The van der Waals surface area contributed by atoms with Crippen LogP contribution in [0.25, 0.3) is 11.3 Å². The maximum atomic E-state index is 4.76. The monoisotopic (exact) mass is 253 g/mol. The van der Waals surface area contributed by atoms with Crippen molar-refractivity contribution < 1.29 is 0 Å². The van der Waals surface area contributed by atoms with Crippen molar-refractivity contribution in [3.63, 3.8) is 0 Å². The standard InChI is InChI=1S/C16H19N3/c1-10-5-4-6-13(11(10)2)14-9-15(17-3)19-16(18-14)12-7-8-12/h4-6,9,12H,7-8H2,1-3H3,(H,17,18,19). The molecule has 0 radical (unpaired) electrons. The SMILES string of the molecule is CNc1cc(-c2cccc(C)c2C)nc(C2CC2)n1. The molecule has 1 N–H and O–H groups in total. The van der Waals surface area contributed by atoms with E-state index in [2.05, 4.69) is 42.3 Å². The van der Waals surface area contributed by atoms with Gasteiger partial charge in [0.25, 0.3) is 0 Å². The minimum Gasteiger partial charge on any atom is -0.373 e. The number of aryl methyl sites for hydroxylation is 1. The molecule has 98 valence electrons. The highest BCUT2D eigenvalue weighted by molar-refractivity contribution is 5.67. The zero-order chi connectivity index (χ0) is 13.4. The van der Waals surface area contributed by atoms with Gasteiger partial charge in [-0.3, -0.25) is 0 Å².